The van der Waals surface area contributed by atoms with Gasteiger partial charge in [0.15, 0.2) is 5.78 Å². The van der Waals surface area contributed by atoms with Gasteiger partial charge in [-0.1, -0.05) is 0 Å². The minimum Gasteiger partial charge on any atom is -0.496 e. The summed E-state index contributed by atoms with van der Waals surface area (Å²) in [4.78, 5) is 24.9. The number of ketones is 1. The Morgan fingerprint density at radius 1 is 1.09 bits per heavy atom. The Morgan fingerprint density at radius 2 is 1.68 bits per heavy atom. The Morgan fingerprint density at radius 3 is 2.23 bits per heavy atom. The monoisotopic (exact) mass is 306 g/mol. The molecule has 1 aliphatic carbocycles. The van der Waals surface area contributed by atoms with Gasteiger partial charge in [0.2, 0.25) is 0 Å². The summed E-state index contributed by atoms with van der Waals surface area (Å²) in [6.45, 7) is 5.34. The van der Waals surface area contributed by atoms with Crippen LogP contribution in [0.4, 0.5) is 0 Å². The molecular weight excluding hydrogens is 284 g/mol. The van der Waals surface area contributed by atoms with E-state index in [-0.39, 0.29) is 5.78 Å². The minimum atomic E-state index is -0.951. The first-order valence-electron chi connectivity index (χ1n) is 7.28. The molecule has 120 valence electrons. The van der Waals surface area contributed by atoms with Gasteiger partial charge in [-0.05, 0) is 39.3 Å². The lowest BCUT2D eigenvalue weighted by Crippen LogP contribution is -2.34. The highest BCUT2D eigenvalue weighted by Gasteiger charge is 2.40. The number of esters is 1. The number of hydrogen-bond acceptors (Lipinski definition) is 5. The highest BCUT2D eigenvalue weighted by Crippen LogP contribution is 2.41. The highest BCUT2D eigenvalue weighted by molar-refractivity contribution is 6.06. The number of benzene rings is 1. The number of hydrogen-bond donors (Lipinski definition) is 0. The van der Waals surface area contributed by atoms with Crippen molar-refractivity contribution in [1.29, 1.82) is 0 Å². The molecule has 0 saturated carbocycles. The zero-order chi connectivity index (χ0) is 16.5. The van der Waals surface area contributed by atoms with E-state index < -0.39 is 17.5 Å². The lowest BCUT2D eigenvalue weighted by molar-refractivity contribution is -0.158. The van der Waals surface area contributed by atoms with Crippen LogP contribution in [0, 0.1) is 0 Å². The first kappa shape index (κ1) is 16.3. The normalized spacial score (nSPS) is 17.7. The van der Waals surface area contributed by atoms with Crippen LogP contribution >= 0.6 is 0 Å². The predicted octanol–water partition coefficient (Wildman–Crippen LogP) is 2.64. The number of ether oxygens (including phenoxy) is 3. The summed E-state index contributed by atoms with van der Waals surface area (Å²) in [7, 11) is 3.09. The van der Waals surface area contributed by atoms with Gasteiger partial charge in [0.05, 0.1) is 14.2 Å². The Hall–Kier alpha value is -2.04. The lowest BCUT2D eigenvalue weighted by Gasteiger charge is -2.29. The Labute approximate surface area is 130 Å². The van der Waals surface area contributed by atoms with Crippen LogP contribution in [0.3, 0.4) is 0 Å². The van der Waals surface area contributed by atoms with E-state index in [4.69, 9.17) is 14.2 Å². The molecule has 0 aromatic heterocycles. The molecule has 0 bridgehead atoms. The third kappa shape index (κ3) is 3.08. The summed E-state index contributed by atoms with van der Waals surface area (Å²) in [6.07, 6.45) is 0.828. The second-order valence-electron chi connectivity index (χ2n) is 6.30. The lowest BCUT2D eigenvalue weighted by atomic mass is 9.80. The molecule has 5 heteroatoms. The van der Waals surface area contributed by atoms with Gasteiger partial charge < -0.3 is 14.2 Å². The van der Waals surface area contributed by atoms with Crippen LogP contribution < -0.4 is 9.47 Å². The Kier molecular flexibility index (Phi) is 4.44. The molecule has 1 aliphatic rings. The first-order chi connectivity index (χ1) is 10.3. The smallest absolute Gasteiger partial charge is 0.321 e. The second-order valence-corrected chi connectivity index (χ2v) is 6.30. The fourth-order valence-electron chi connectivity index (χ4n) is 2.73. The standard InChI is InChI=1S/C17H22O5/c1-17(2,3)22-16(19)15-11(18)7-6-10-12(20-4)8-9-13(21-5)14(10)15/h8-9,15H,6-7H2,1-5H3/t15-/m0/s1. The van der Waals surface area contributed by atoms with Crippen molar-refractivity contribution in [2.24, 2.45) is 0 Å². The number of carbonyl (C=O) groups is 2. The number of Topliss-reactive ketones (excluding diaryl/α,β-unsaturated/α-hetero) is 1. The predicted molar refractivity (Wildman–Crippen MR) is 81.5 cm³/mol. The Balaban J connectivity index is 2.54. The van der Waals surface area contributed by atoms with Crippen LogP contribution in [0.5, 0.6) is 11.5 Å². The van der Waals surface area contributed by atoms with Gasteiger partial charge in [0.1, 0.15) is 23.0 Å². The van der Waals surface area contributed by atoms with Crippen molar-refractivity contribution in [2.75, 3.05) is 14.2 Å². The molecule has 0 unspecified atom stereocenters. The minimum absolute atomic E-state index is 0.145. The third-order valence-corrected chi connectivity index (χ3v) is 3.59. The fraction of sp³-hybridized carbons (Fsp3) is 0.529. The first-order valence-corrected chi connectivity index (χ1v) is 7.28. The van der Waals surface area contributed by atoms with E-state index in [1.54, 1.807) is 40.0 Å². The molecule has 0 aliphatic heterocycles. The Bertz CT molecular complexity index is 598. The average molecular weight is 306 g/mol. The third-order valence-electron chi connectivity index (χ3n) is 3.59. The summed E-state index contributed by atoms with van der Waals surface area (Å²) in [5.41, 5.74) is 0.769. The van der Waals surface area contributed by atoms with Crippen molar-refractivity contribution in [3.63, 3.8) is 0 Å². The van der Waals surface area contributed by atoms with E-state index >= 15 is 0 Å². The molecule has 2 rings (SSSR count). The molecule has 0 N–H and O–H groups in total. The van der Waals surface area contributed by atoms with Crippen molar-refractivity contribution in [2.45, 2.75) is 45.1 Å². The topological polar surface area (TPSA) is 61.8 Å². The van der Waals surface area contributed by atoms with E-state index in [9.17, 15) is 9.59 Å². The van der Waals surface area contributed by atoms with Gasteiger partial charge in [-0.2, -0.15) is 0 Å². The van der Waals surface area contributed by atoms with Crippen molar-refractivity contribution in [3.8, 4) is 11.5 Å². The molecule has 0 heterocycles. The second kappa shape index (κ2) is 5.99. The molecule has 1 aromatic carbocycles. The van der Waals surface area contributed by atoms with Crippen molar-refractivity contribution < 1.29 is 23.8 Å². The van der Waals surface area contributed by atoms with Crippen molar-refractivity contribution >= 4 is 11.8 Å². The molecule has 0 radical (unpaired) electrons. The van der Waals surface area contributed by atoms with Crippen LogP contribution in [0.15, 0.2) is 12.1 Å². The van der Waals surface area contributed by atoms with E-state index in [0.717, 1.165) is 5.56 Å². The molecule has 5 nitrogen and oxygen atoms in total. The highest BCUT2D eigenvalue weighted by atomic mass is 16.6. The number of methoxy groups -OCH3 is 2. The number of rotatable bonds is 3. The maximum absolute atomic E-state index is 12.5. The van der Waals surface area contributed by atoms with Gasteiger partial charge in [-0.15, -0.1) is 0 Å². The van der Waals surface area contributed by atoms with E-state index in [1.165, 1.54) is 7.11 Å². The molecule has 0 spiro atoms. The van der Waals surface area contributed by atoms with Gasteiger partial charge >= 0.3 is 5.97 Å². The summed E-state index contributed by atoms with van der Waals surface area (Å²) in [5.74, 6) is -0.456. The van der Waals surface area contributed by atoms with Crippen molar-refractivity contribution in [3.05, 3.63) is 23.3 Å². The van der Waals surface area contributed by atoms with Crippen LogP contribution in [0.1, 0.15) is 44.2 Å². The van der Waals surface area contributed by atoms with Gasteiger partial charge in [0.25, 0.3) is 0 Å². The molecule has 22 heavy (non-hydrogen) atoms. The summed E-state index contributed by atoms with van der Waals surface area (Å²) >= 11 is 0. The number of carbonyl (C=O) groups excluding carboxylic acids is 2. The number of fused-ring (bicyclic) bond motifs is 1. The fourth-order valence-corrected chi connectivity index (χ4v) is 2.73. The molecule has 0 fully saturated rings. The van der Waals surface area contributed by atoms with Gasteiger partial charge in [-0.3, -0.25) is 9.59 Å². The SMILES string of the molecule is COc1ccc(OC)c2c1CCC(=O)[C@@H]2C(=O)OC(C)(C)C. The zero-order valence-corrected chi connectivity index (χ0v) is 13.7. The van der Waals surface area contributed by atoms with Crippen LogP contribution in [-0.2, 0) is 20.7 Å². The molecular formula is C17H22O5. The van der Waals surface area contributed by atoms with Gasteiger partial charge in [0, 0.05) is 17.5 Å². The molecule has 0 amide bonds. The van der Waals surface area contributed by atoms with Crippen molar-refractivity contribution in [1.82, 2.24) is 0 Å². The molecule has 1 aromatic rings. The van der Waals surface area contributed by atoms with Gasteiger partial charge in [-0.25, -0.2) is 0 Å². The average Bonchev–Trinajstić information content (AvgIpc) is 2.43. The van der Waals surface area contributed by atoms with E-state index in [0.29, 0.717) is 29.9 Å². The van der Waals surface area contributed by atoms with E-state index in [1.807, 2.05) is 0 Å². The molecule has 1 atom stereocenters. The summed E-state index contributed by atoms with van der Waals surface area (Å²) < 4.78 is 16.1. The van der Waals surface area contributed by atoms with Crippen LogP contribution in [0.2, 0.25) is 0 Å². The van der Waals surface area contributed by atoms with Crippen LogP contribution in [0.25, 0.3) is 0 Å². The summed E-state index contributed by atoms with van der Waals surface area (Å²) in [5, 5.41) is 0. The molecule has 0 saturated heterocycles. The van der Waals surface area contributed by atoms with E-state index in [2.05, 4.69) is 0 Å². The van der Waals surface area contributed by atoms with Crippen LogP contribution in [-0.4, -0.2) is 31.6 Å². The quantitative estimate of drug-likeness (QED) is 0.634. The maximum Gasteiger partial charge on any atom is 0.321 e. The largest absolute Gasteiger partial charge is 0.496 e. The maximum atomic E-state index is 12.5. The summed E-state index contributed by atoms with van der Waals surface area (Å²) in [6, 6.07) is 3.51. The zero-order valence-electron chi connectivity index (χ0n) is 13.7.